The molecule has 0 amide bonds. The molecule has 7 atom stereocenters. The first kappa shape index (κ1) is 22.2. The number of alkyl halides is 1. The molecule has 0 aromatic rings. The van der Waals surface area contributed by atoms with Crippen molar-refractivity contribution in [2.45, 2.75) is 71.1 Å². The molecule has 4 aliphatic rings. The molecule has 3 unspecified atom stereocenters. The third-order valence-electron chi connectivity index (χ3n) is 9.21. The van der Waals surface area contributed by atoms with Gasteiger partial charge in [-0.1, -0.05) is 13.8 Å². The molecule has 0 radical (unpaired) electrons. The largest absolute Gasteiger partial charge is 0.508 e. The van der Waals surface area contributed by atoms with Gasteiger partial charge in [-0.15, -0.1) is 0 Å². The Hall–Kier alpha value is -2.02. The van der Waals surface area contributed by atoms with Gasteiger partial charge in [0.1, 0.15) is 17.0 Å². The molecule has 2 N–H and O–H groups in total. The summed E-state index contributed by atoms with van der Waals surface area (Å²) in [7, 11) is 0. The lowest BCUT2D eigenvalue weighted by Gasteiger charge is -2.60. The summed E-state index contributed by atoms with van der Waals surface area (Å²) >= 11 is 0. The molecule has 0 aromatic carbocycles. The van der Waals surface area contributed by atoms with Gasteiger partial charge in [0, 0.05) is 18.4 Å². The summed E-state index contributed by atoms with van der Waals surface area (Å²) in [6.07, 6.45) is 4.33. The van der Waals surface area contributed by atoms with Crippen LogP contribution in [-0.4, -0.2) is 45.6 Å². The second kappa shape index (κ2) is 6.74. The van der Waals surface area contributed by atoms with E-state index in [1.54, 1.807) is 13.8 Å². The molecule has 31 heavy (non-hydrogen) atoms. The number of ketones is 2. The zero-order chi connectivity index (χ0) is 23.0. The minimum atomic E-state index is -1.82. The van der Waals surface area contributed by atoms with Gasteiger partial charge >= 0.3 is 5.97 Å². The van der Waals surface area contributed by atoms with Gasteiger partial charge in [0.2, 0.25) is 5.78 Å². The Balaban J connectivity index is 1.72. The first-order valence-corrected chi connectivity index (χ1v) is 11.1. The maximum atomic E-state index is 16.9. The number of allylic oxidation sites excluding steroid dienone is 3. The minimum absolute atomic E-state index is 0.0364. The Morgan fingerprint density at radius 2 is 1.90 bits per heavy atom. The highest BCUT2D eigenvalue weighted by atomic mass is 19.1. The number of fused-ring (bicyclic) bond motifs is 5. The molecule has 0 aromatic heterocycles. The number of rotatable bonds is 3. The van der Waals surface area contributed by atoms with Crippen LogP contribution in [0.4, 0.5) is 4.39 Å². The van der Waals surface area contributed by atoms with E-state index in [-0.39, 0.29) is 24.5 Å². The smallest absolute Gasteiger partial charge is 0.303 e. The average molecular weight is 435 g/mol. The van der Waals surface area contributed by atoms with Crippen molar-refractivity contribution < 1.29 is 33.7 Å². The fourth-order valence-corrected chi connectivity index (χ4v) is 7.41. The van der Waals surface area contributed by atoms with E-state index in [9.17, 15) is 24.6 Å². The number of halogens is 1. The van der Waals surface area contributed by atoms with Crippen LogP contribution in [0.15, 0.2) is 23.5 Å². The minimum Gasteiger partial charge on any atom is -0.508 e. The summed E-state index contributed by atoms with van der Waals surface area (Å²) in [6.45, 7) is 5.97. The fraction of sp³-hybridized carbons (Fsp3) is 0.708. The Bertz CT molecular complexity index is 923. The Labute approximate surface area is 181 Å². The molecule has 0 aliphatic heterocycles. The second-order valence-corrected chi connectivity index (χ2v) is 10.4. The summed E-state index contributed by atoms with van der Waals surface area (Å²) in [6, 6.07) is 0. The molecule has 0 heterocycles. The third kappa shape index (κ3) is 2.62. The van der Waals surface area contributed by atoms with Gasteiger partial charge in [-0.2, -0.15) is 0 Å². The van der Waals surface area contributed by atoms with Crippen molar-refractivity contribution in [3.8, 4) is 0 Å². The van der Waals surface area contributed by atoms with E-state index in [0.717, 1.165) is 6.08 Å². The average Bonchev–Trinajstić information content (AvgIpc) is 2.90. The van der Waals surface area contributed by atoms with Gasteiger partial charge in [-0.25, -0.2) is 4.39 Å². The lowest BCUT2D eigenvalue weighted by molar-refractivity contribution is -0.189. The first-order valence-electron chi connectivity index (χ1n) is 11.1. The van der Waals surface area contributed by atoms with Crippen molar-refractivity contribution in [2.24, 2.45) is 28.6 Å². The second-order valence-electron chi connectivity index (χ2n) is 10.4. The van der Waals surface area contributed by atoms with Gasteiger partial charge in [0.05, 0.1) is 5.41 Å². The van der Waals surface area contributed by atoms with E-state index in [2.05, 4.69) is 0 Å². The number of aliphatic hydroxyl groups excluding tert-OH is 1. The molecule has 3 fully saturated rings. The molecule has 0 bridgehead atoms. The number of ether oxygens (including phenoxy) is 1. The third-order valence-corrected chi connectivity index (χ3v) is 9.21. The van der Waals surface area contributed by atoms with Crippen molar-refractivity contribution in [1.29, 1.82) is 0 Å². The van der Waals surface area contributed by atoms with Crippen LogP contribution in [0.2, 0.25) is 0 Å². The number of hydrogen-bond acceptors (Lipinski definition) is 6. The van der Waals surface area contributed by atoms with Gasteiger partial charge in [-0.05, 0) is 68.4 Å². The van der Waals surface area contributed by atoms with Gasteiger partial charge in [-0.3, -0.25) is 14.4 Å². The summed E-state index contributed by atoms with van der Waals surface area (Å²) in [5.74, 6) is -2.92. The highest BCUT2D eigenvalue weighted by Crippen LogP contribution is 2.70. The van der Waals surface area contributed by atoms with E-state index in [4.69, 9.17) is 4.74 Å². The van der Waals surface area contributed by atoms with Crippen molar-refractivity contribution in [3.05, 3.63) is 23.5 Å². The van der Waals surface area contributed by atoms with E-state index < -0.39 is 58.1 Å². The monoisotopic (exact) mass is 434 g/mol. The molecule has 4 rings (SSSR count). The quantitative estimate of drug-likeness (QED) is 0.661. The van der Waals surface area contributed by atoms with E-state index >= 15 is 4.39 Å². The predicted octanol–water partition coefficient (Wildman–Crippen LogP) is 3.38. The molecule has 7 heteroatoms. The summed E-state index contributed by atoms with van der Waals surface area (Å²) in [5, 5.41) is 21.6. The molecule has 170 valence electrons. The molecule has 0 spiro atoms. The van der Waals surface area contributed by atoms with Crippen LogP contribution in [0.25, 0.3) is 0 Å². The molecule has 0 saturated heterocycles. The lowest BCUT2D eigenvalue weighted by atomic mass is 9.45. The molecule has 6 nitrogen and oxygen atoms in total. The SMILES string of the molecule is CC(=O)OCC(=O)[C@@]1(O)[C@@H](C)CC2C3CCC4=CC(O)=CC(=O)[C@]4(C)C3(F)CC[C@@]21C. The number of aliphatic hydroxyl groups is 2. The highest BCUT2D eigenvalue weighted by Gasteiger charge is 2.74. The van der Waals surface area contributed by atoms with Crippen molar-refractivity contribution in [1.82, 2.24) is 0 Å². The first-order chi connectivity index (χ1) is 14.3. The van der Waals surface area contributed by atoms with Crippen molar-refractivity contribution >= 4 is 17.5 Å². The number of hydrogen-bond donors (Lipinski definition) is 2. The van der Waals surface area contributed by atoms with Crippen LogP contribution in [-0.2, 0) is 19.1 Å². The maximum Gasteiger partial charge on any atom is 0.303 e. The van der Waals surface area contributed by atoms with Crippen LogP contribution >= 0.6 is 0 Å². The molecule has 4 aliphatic carbocycles. The Morgan fingerprint density at radius 3 is 2.55 bits per heavy atom. The van der Waals surface area contributed by atoms with Crippen LogP contribution in [0.5, 0.6) is 0 Å². The normalized spacial score (nSPS) is 46.3. The fourth-order valence-electron chi connectivity index (χ4n) is 7.41. The van der Waals surface area contributed by atoms with Crippen LogP contribution < -0.4 is 0 Å². The van der Waals surface area contributed by atoms with Crippen LogP contribution in [0.1, 0.15) is 59.8 Å². The predicted molar refractivity (Wildman–Crippen MR) is 110 cm³/mol. The standard InChI is InChI=1S/C24H31FO6/c1-13-9-18-17-6-5-15-10-16(27)11-19(28)22(15,4)23(17,25)8-7-21(18,3)24(13,30)20(29)12-31-14(2)26/h10-11,13,17-18,27,30H,5-9,12H2,1-4H3/t13-,17?,18?,21-,22+,23?,24-/m0/s1. The van der Waals surface area contributed by atoms with Crippen molar-refractivity contribution in [2.75, 3.05) is 6.61 Å². The van der Waals surface area contributed by atoms with Crippen molar-refractivity contribution in [3.63, 3.8) is 0 Å². The summed E-state index contributed by atoms with van der Waals surface area (Å²) in [4.78, 5) is 37.2. The summed E-state index contributed by atoms with van der Waals surface area (Å²) < 4.78 is 21.8. The summed E-state index contributed by atoms with van der Waals surface area (Å²) in [5.41, 5.74) is -5.15. The lowest BCUT2D eigenvalue weighted by Crippen LogP contribution is -2.65. The number of carbonyl (C=O) groups excluding carboxylic acids is 3. The van der Waals surface area contributed by atoms with Gasteiger partial charge < -0.3 is 14.9 Å². The number of esters is 1. The maximum absolute atomic E-state index is 16.9. The zero-order valence-electron chi connectivity index (χ0n) is 18.5. The topological polar surface area (TPSA) is 101 Å². The number of Topliss-reactive ketones (excluding diaryl/α,β-unsaturated/α-hetero) is 1. The van der Waals surface area contributed by atoms with Gasteiger partial charge in [0.25, 0.3) is 0 Å². The molecule has 3 saturated carbocycles. The Kier molecular flexibility index (Phi) is 4.82. The zero-order valence-corrected chi connectivity index (χ0v) is 18.5. The Morgan fingerprint density at radius 1 is 1.23 bits per heavy atom. The van der Waals surface area contributed by atoms with Crippen LogP contribution in [0.3, 0.4) is 0 Å². The van der Waals surface area contributed by atoms with E-state index in [1.807, 2.05) is 6.92 Å². The molecular weight excluding hydrogens is 403 g/mol. The molecular formula is C24H31FO6. The van der Waals surface area contributed by atoms with Crippen LogP contribution in [0, 0.1) is 28.6 Å². The highest BCUT2D eigenvalue weighted by molar-refractivity contribution is 6.00. The van der Waals surface area contributed by atoms with Gasteiger partial charge in [0.15, 0.2) is 12.4 Å². The van der Waals surface area contributed by atoms with E-state index in [1.165, 1.54) is 13.0 Å². The van der Waals surface area contributed by atoms with E-state index in [0.29, 0.717) is 24.8 Å². The number of carbonyl (C=O) groups is 3.